The molecule has 0 radical (unpaired) electrons. The molecule has 1 fully saturated rings. The van der Waals surface area contributed by atoms with Crippen molar-refractivity contribution in [3.05, 3.63) is 35.8 Å². The molecule has 3 rings (SSSR count). The van der Waals surface area contributed by atoms with E-state index in [0.717, 1.165) is 30.6 Å². The zero-order valence-corrected chi connectivity index (χ0v) is 12.5. The van der Waals surface area contributed by atoms with E-state index in [1.165, 1.54) is 0 Å². The van der Waals surface area contributed by atoms with Gasteiger partial charge >= 0.3 is 0 Å². The normalized spacial score (nSPS) is 20.1. The highest BCUT2D eigenvalue weighted by Gasteiger charge is 2.31. The largest absolute Gasteiger partial charge is 0.393 e. The van der Waals surface area contributed by atoms with Gasteiger partial charge in [-0.25, -0.2) is 4.98 Å². The second kappa shape index (κ2) is 5.48. The fourth-order valence-corrected chi connectivity index (χ4v) is 3.13. The fourth-order valence-electron chi connectivity index (χ4n) is 3.13. The summed E-state index contributed by atoms with van der Waals surface area (Å²) in [7, 11) is 0. The van der Waals surface area contributed by atoms with E-state index in [0.29, 0.717) is 12.1 Å². The smallest absolute Gasteiger partial charge is 0.272 e. The lowest BCUT2D eigenvalue weighted by Gasteiger charge is -2.25. The van der Waals surface area contributed by atoms with Crippen molar-refractivity contribution in [2.75, 3.05) is 6.54 Å². The van der Waals surface area contributed by atoms with Crippen LogP contribution in [0.2, 0.25) is 0 Å². The monoisotopic (exact) mass is 287 g/mol. The van der Waals surface area contributed by atoms with E-state index in [1.807, 2.05) is 34.6 Å². The van der Waals surface area contributed by atoms with E-state index in [9.17, 15) is 9.90 Å². The summed E-state index contributed by atoms with van der Waals surface area (Å²) in [6.45, 7) is 4.54. The molecule has 21 heavy (non-hydrogen) atoms. The molecule has 3 heterocycles. The molecule has 0 bridgehead atoms. The summed E-state index contributed by atoms with van der Waals surface area (Å²) in [5, 5.41) is 9.60. The zero-order chi connectivity index (χ0) is 15.0. The predicted molar refractivity (Wildman–Crippen MR) is 80.3 cm³/mol. The Morgan fingerprint density at radius 2 is 2.33 bits per heavy atom. The van der Waals surface area contributed by atoms with Crippen molar-refractivity contribution in [1.82, 2.24) is 14.3 Å². The van der Waals surface area contributed by atoms with Gasteiger partial charge in [0, 0.05) is 18.8 Å². The summed E-state index contributed by atoms with van der Waals surface area (Å²) < 4.78 is 1.86. The Morgan fingerprint density at radius 3 is 3.10 bits per heavy atom. The number of carbonyl (C=O) groups excluding carboxylic acids is 1. The van der Waals surface area contributed by atoms with Crippen molar-refractivity contribution in [2.45, 2.75) is 45.3 Å². The first-order valence-corrected chi connectivity index (χ1v) is 7.49. The molecule has 2 atom stereocenters. The molecule has 112 valence electrons. The molecule has 2 unspecified atom stereocenters. The first-order valence-electron chi connectivity index (χ1n) is 7.49. The number of hydrogen-bond donors (Lipinski definition) is 1. The van der Waals surface area contributed by atoms with Crippen molar-refractivity contribution in [2.24, 2.45) is 0 Å². The minimum absolute atomic E-state index is 0.0104. The van der Waals surface area contributed by atoms with E-state index >= 15 is 0 Å². The first kappa shape index (κ1) is 14.1. The molecule has 0 aromatic carbocycles. The van der Waals surface area contributed by atoms with Crippen LogP contribution in [0.5, 0.6) is 0 Å². The van der Waals surface area contributed by atoms with Gasteiger partial charge in [-0.2, -0.15) is 0 Å². The maximum Gasteiger partial charge on any atom is 0.272 e. The highest BCUT2D eigenvalue weighted by atomic mass is 16.3. The number of imidazole rings is 1. The lowest BCUT2D eigenvalue weighted by molar-refractivity contribution is 0.0675. The lowest BCUT2D eigenvalue weighted by atomic mass is 10.1. The lowest BCUT2D eigenvalue weighted by Crippen LogP contribution is -2.37. The van der Waals surface area contributed by atoms with Gasteiger partial charge in [-0.05, 0) is 44.7 Å². The molecule has 1 N–H and O–H groups in total. The van der Waals surface area contributed by atoms with E-state index in [4.69, 9.17) is 0 Å². The number of aromatic nitrogens is 2. The molecule has 0 spiro atoms. The third-order valence-corrected chi connectivity index (χ3v) is 4.12. The Balaban J connectivity index is 1.91. The Labute approximate surface area is 124 Å². The summed E-state index contributed by atoms with van der Waals surface area (Å²) in [6.07, 6.45) is 5.81. The third kappa shape index (κ3) is 2.65. The number of amides is 1. The van der Waals surface area contributed by atoms with E-state index < -0.39 is 0 Å². The number of pyridine rings is 1. The van der Waals surface area contributed by atoms with Crippen LogP contribution in [0.25, 0.3) is 5.65 Å². The number of rotatable bonds is 3. The number of aliphatic hydroxyl groups is 1. The molecule has 1 aliphatic rings. The summed E-state index contributed by atoms with van der Waals surface area (Å²) in [5.41, 5.74) is 2.48. The van der Waals surface area contributed by atoms with E-state index in [1.54, 1.807) is 13.1 Å². The summed E-state index contributed by atoms with van der Waals surface area (Å²) >= 11 is 0. The van der Waals surface area contributed by atoms with Gasteiger partial charge in [-0.3, -0.25) is 9.20 Å². The Hall–Kier alpha value is -1.88. The minimum Gasteiger partial charge on any atom is -0.393 e. The molecule has 2 aromatic heterocycles. The van der Waals surface area contributed by atoms with Gasteiger partial charge in [0.1, 0.15) is 11.3 Å². The number of likely N-dealkylation sites (tertiary alicyclic amines) is 1. The molecule has 2 aromatic rings. The second-order valence-corrected chi connectivity index (χ2v) is 5.96. The van der Waals surface area contributed by atoms with Gasteiger partial charge in [0.05, 0.1) is 12.3 Å². The summed E-state index contributed by atoms with van der Waals surface area (Å²) in [4.78, 5) is 19.0. The first-order chi connectivity index (χ1) is 10.1. The number of aliphatic hydroxyl groups excluding tert-OH is 1. The Morgan fingerprint density at radius 1 is 1.52 bits per heavy atom. The van der Waals surface area contributed by atoms with Crippen LogP contribution >= 0.6 is 0 Å². The van der Waals surface area contributed by atoms with Crippen molar-refractivity contribution >= 4 is 11.6 Å². The molecule has 5 nitrogen and oxygen atoms in total. The highest BCUT2D eigenvalue weighted by molar-refractivity contribution is 5.93. The van der Waals surface area contributed by atoms with Gasteiger partial charge in [0.25, 0.3) is 5.91 Å². The molecule has 5 heteroatoms. The number of nitrogens with zero attached hydrogens (tertiary/aromatic N) is 3. The van der Waals surface area contributed by atoms with Gasteiger partial charge in [0.2, 0.25) is 0 Å². The van der Waals surface area contributed by atoms with Gasteiger partial charge in [-0.1, -0.05) is 6.07 Å². The Kier molecular flexibility index (Phi) is 3.68. The number of fused-ring (bicyclic) bond motifs is 1. The van der Waals surface area contributed by atoms with Crippen molar-refractivity contribution in [3.8, 4) is 0 Å². The van der Waals surface area contributed by atoms with Crippen LogP contribution in [0.4, 0.5) is 0 Å². The molecule has 1 saturated heterocycles. The number of aryl methyl sites for hydroxylation is 1. The number of hydrogen-bond acceptors (Lipinski definition) is 3. The maximum absolute atomic E-state index is 12.8. The number of carbonyl (C=O) groups is 1. The SMILES string of the molecule is Cc1ccc2ncc(C(=O)N3CCCC3CC(C)O)n2c1. The van der Waals surface area contributed by atoms with Crippen LogP contribution < -0.4 is 0 Å². The predicted octanol–water partition coefficient (Wildman–Crippen LogP) is 2.02. The summed E-state index contributed by atoms with van der Waals surface area (Å²) in [5.74, 6) is 0.0104. The van der Waals surface area contributed by atoms with Crippen molar-refractivity contribution in [3.63, 3.8) is 0 Å². The zero-order valence-electron chi connectivity index (χ0n) is 12.5. The van der Waals surface area contributed by atoms with Crippen molar-refractivity contribution in [1.29, 1.82) is 0 Å². The van der Waals surface area contributed by atoms with Crippen LogP contribution in [0, 0.1) is 6.92 Å². The molecule has 0 saturated carbocycles. The fraction of sp³-hybridized carbons (Fsp3) is 0.500. The van der Waals surface area contributed by atoms with Crippen LogP contribution in [0.15, 0.2) is 24.5 Å². The molecular weight excluding hydrogens is 266 g/mol. The van der Waals surface area contributed by atoms with Gasteiger partial charge in [0.15, 0.2) is 0 Å². The van der Waals surface area contributed by atoms with Crippen LogP contribution in [-0.4, -0.2) is 44.0 Å². The average Bonchev–Trinajstić information content (AvgIpc) is 3.03. The van der Waals surface area contributed by atoms with Crippen molar-refractivity contribution < 1.29 is 9.90 Å². The third-order valence-electron chi connectivity index (χ3n) is 4.12. The van der Waals surface area contributed by atoms with Crippen LogP contribution in [0.1, 0.15) is 42.2 Å². The van der Waals surface area contributed by atoms with E-state index in [2.05, 4.69) is 4.98 Å². The van der Waals surface area contributed by atoms with Crippen LogP contribution in [-0.2, 0) is 0 Å². The molecule has 0 aliphatic carbocycles. The minimum atomic E-state index is -0.382. The Bertz CT molecular complexity index is 663. The quantitative estimate of drug-likeness (QED) is 0.939. The standard InChI is InChI=1S/C16H21N3O2/c1-11-5-6-15-17-9-14(19(15)10-11)16(21)18-7-3-4-13(18)8-12(2)20/h5-6,9-10,12-13,20H,3-4,7-8H2,1-2H3. The van der Waals surface area contributed by atoms with Gasteiger partial charge in [-0.15, -0.1) is 0 Å². The molecular formula is C16H21N3O2. The van der Waals surface area contributed by atoms with E-state index in [-0.39, 0.29) is 18.1 Å². The second-order valence-electron chi connectivity index (χ2n) is 5.96. The molecule has 1 aliphatic heterocycles. The van der Waals surface area contributed by atoms with Gasteiger partial charge < -0.3 is 10.0 Å². The topological polar surface area (TPSA) is 57.8 Å². The highest BCUT2D eigenvalue weighted by Crippen LogP contribution is 2.24. The molecule has 1 amide bonds. The average molecular weight is 287 g/mol. The summed E-state index contributed by atoms with van der Waals surface area (Å²) in [6, 6.07) is 4.04. The van der Waals surface area contributed by atoms with Crippen LogP contribution in [0.3, 0.4) is 0 Å². The maximum atomic E-state index is 12.8.